The zero-order valence-corrected chi connectivity index (χ0v) is 12.3. The van der Waals surface area contributed by atoms with Crippen LogP contribution in [0.4, 0.5) is 0 Å². The van der Waals surface area contributed by atoms with Crippen molar-refractivity contribution >= 4 is 5.91 Å². The van der Waals surface area contributed by atoms with E-state index in [1.807, 2.05) is 0 Å². The van der Waals surface area contributed by atoms with Gasteiger partial charge in [0.25, 0.3) is 0 Å². The molecule has 2 aliphatic rings. The van der Waals surface area contributed by atoms with Crippen molar-refractivity contribution in [1.29, 1.82) is 0 Å². The highest BCUT2D eigenvalue weighted by Crippen LogP contribution is 2.13. The van der Waals surface area contributed by atoms with Crippen LogP contribution in [-0.2, 0) is 4.79 Å². The Kier molecular flexibility index (Phi) is 6.11. The van der Waals surface area contributed by atoms with Gasteiger partial charge < -0.3 is 15.5 Å². The first-order valence-electron chi connectivity index (χ1n) is 8.03. The molecule has 2 aliphatic heterocycles. The molecule has 0 saturated carbocycles. The van der Waals surface area contributed by atoms with Crippen LogP contribution in [0.3, 0.4) is 0 Å². The second-order valence-corrected chi connectivity index (χ2v) is 6.03. The van der Waals surface area contributed by atoms with E-state index in [4.69, 9.17) is 0 Å². The molecule has 4 heteroatoms. The second-order valence-electron chi connectivity index (χ2n) is 6.03. The van der Waals surface area contributed by atoms with Crippen molar-refractivity contribution in [3.8, 4) is 0 Å². The number of piperidine rings is 1. The monoisotopic (exact) mass is 267 g/mol. The largest absolute Gasteiger partial charge is 0.353 e. The number of unbranched alkanes of at least 4 members (excludes halogenated alkanes) is 1. The molecule has 0 spiro atoms. The summed E-state index contributed by atoms with van der Waals surface area (Å²) < 4.78 is 0. The maximum absolute atomic E-state index is 12.0. The number of amides is 1. The molecule has 4 nitrogen and oxygen atoms in total. The molecule has 2 fully saturated rings. The van der Waals surface area contributed by atoms with Gasteiger partial charge in [-0.15, -0.1) is 0 Å². The Balaban J connectivity index is 1.60. The molecule has 2 heterocycles. The zero-order chi connectivity index (χ0) is 13.5. The molecule has 2 rings (SSSR count). The molecule has 0 aromatic heterocycles. The smallest absolute Gasteiger partial charge is 0.221 e. The molecule has 0 aromatic carbocycles. The van der Waals surface area contributed by atoms with E-state index in [0.717, 1.165) is 38.9 Å². The van der Waals surface area contributed by atoms with Crippen molar-refractivity contribution in [2.75, 3.05) is 26.2 Å². The minimum atomic E-state index is 0.242. The van der Waals surface area contributed by atoms with E-state index in [-0.39, 0.29) is 5.91 Å². The third kappa shape index (κ3) is 5.11. The average Bonchev–Trinajstić information content (AvgIpc) is 2.90. The normalized spacial score (nSPS) is 25.6. The number of carbonyl (C=O) groups is 1. The van der Waals surface area contributed by atoms with Gasteiger partial charge in [-0.3, -0.25) is 4.79 Å². The van der Waals surface area contributed by atoms with E-state index in [0.29, 0.717) is 18.5 Å². The Morgan fingerprint density at radius 1 is 1.32 bits per heavy atom. The van der Waals surface area contributed by atoms with Gasteiger partial charge in [0.2, 0.25) is 5.91 Å². The van der Waals surface area contributed by atoms with Crippen molar-refractivity contribution in [3.05, 3.63) is 0 Å². The van der Waals surface area contributed by atoms with Crippen LogP contribution in [0.1, 0.15) is 51.9 Å². The average molecular weight is 267 g/mol. The van der Waals surface area contributed by atoms with Crippen LogP contribution in [-0.4, -0.2) is 49.1 Å². The lowest BCUT2D eigenvalue weighted by Gasteiger charge is -2.32. The molecule has 1 unspecified atom stereocenters. The molecule has 0 radical (unpaired) electrons. The predicted molar refractivity (Wildman–Crippen MR) is 78.2 cm³/mol. The number of nitrogens with one attached hydrogen (secondary N) is 2. The highest BCUT2D eigenvalue weighted by Gasteiger charge is 2.22. The first-order chi connectivity index (χ1) is 9.28. The van der Waals surface area contributed by atoms with Crippen LogP contribution in [0.15, 0.2) is 0 Å². The predicted octanol–water partition coefficient (Wildman–Crippen LogP) is 1.51. The number of nitrogens with zero attached hydrogens (tertiary/aromatic N) is 1. The Morgan fingerprint density at radius 3 is 2.74 bits per heavy atom. The maximum Gasteiger partial charge on any atom is 0.221 e. The maximum atomic E-state index is 12.0. The van der Waals surface area contributed by atoms with Crippen LogP contribution >= 0.6 is 0 Å². The third-order valence-corrected chi connectivity index (χ3v) is 4.37. The number of rotatable bonds is 6. The molecule has 1 atom stereocenters. The Bertz CT molecular complexity index is 269. The highest BCUT2D eigenvalue weighted by atomic mass is 16.1. The lowest BCUT2D eigenvalue weighted by molar-refractivity contribution is -0.122. The van der Waals surface area contributed by atoms with Crippen molar-refractivity contribution in [2.45, 2.75) is 64.0 Å². The molecular formula is C15H29N3O. The highest BCUT2D eigenvalue weighted by molar-refractivity contribution is 5.76. The molecule has 0 aromatic rings. The SMILES string of the molecule is CCCCN1CCC(NC(=O)CC2CCCN2)CC1. The molecule has 19 heavy (non-hydrogen) atoms. The summed E-state index contributed by atoms with van der Waals surface area (Å²) in [5, 5.41) is 6.60. The zero-order valence-electron chi connectivity index (χ0n) is 12.3. The fourth-order valence-corrected chi connectivity index (χ4v) is 3.12. The van der Waals surface area contributed by atoms with Crippen molar-refractivity contribution in [1.82, 2.24) is 15.5 Å². The standard InChI is InChI=1S/C15H29N3O/c1-2-3-9-18-10-6-13(7-11-18)17-15(19)12-14-5-4-8-16-14/h13-14,16H,2-12H2,1H3,(H,17,19). The van der Waals surface area contributed by atoms with E-state index in [1.54, 1.807) is 0 Å². The first-order valence-corrected chi connectivity index (χ1v) is 8.03. The van der Waals surface area contributed by atoms with Gasteiger partial charge in [-0.1, -0.05) is 13.3 Å². The van der Waals surface area contributed by atoms with Gasteiger partial charge in [0.05, 0.1) is 0 Å². The molecule has 1 amide bonds. The van der Waals surface area contributed by atoms with Gasteiger partial charge in [0, 0.05) is 31.6 Å². The summed E-state index contributed by atoms with van der Waals surface area (Å²) in [6.07, 6.45) is 7.84. The summed E-state index contributed by atoms with van der Waals surface area (Å²) in [7, 11) is 0. The summed E-state index contributed by atoms with van der Waals surface area (Å²) in [4.78, 5) is 14.5. The first kappa shape index (κ1) is 14.8. The Morgan fingerprint density at radius 2 is 2.11 bits per heavy atom. The molecular weight excluding hydrogens is 238 g/mol. The summed E-state index contributed by atoms with van der Waals surface area (Å²) in [5.74, 6) is 0.242. The third-order valence-electron chi connectivity index (χ3n) is 4.37. The lowest BCUT2D eigenvalue weighted by atomic mass is 10.0. The Hall–Kier alpha value is -0.610. The number of hydrogen-bond acceptors (Lipinski definition) is 3. The van der Waals surface area contributed by atoms with Crippen molar-refractivity contribution < 1.29 is 4.79 Å². The number of hydrogen-bond donors (Lipinski definition) is 2. The summed E-state index contributed by atoms with van der Waals surface area (Å²) in [5.41, 5.74) is 0. The summed E-state index contributed by atoms with van der Waals surface area (Å²) in [6.45, 7) is 6.83. The van der Waals surface area contributed by atoms with Gasteiger partial charge in [0.15, 0.2) is 0 Å². The van der Waals surface area contributed by atoms with Crippen molar-refractivity contribution in [2.24, 2.45) is 0 Å². The summed E-state index contributed by atoms with van der Waals surface area (Å²) >= 11 is 0. The topological polar surface area (TPSA) is 44.4 Å². The summed E-state index contributed by atoms with van der Waals surface area (Å²) in [6, 6.07) is 0.830. The van der Waals surface area contributed by atoms with E-state index >= 15 is 0 Å². The lowest BCUT2D eigenvalue weighted by Crippen LogP contribution is -2.45. The van der Waals surface area contributed by atoms with Crippen LogP contribution in [0, 0.1) is 0 Å². The number of likely N-dealkylation sites (tertiary alicyclic amines) is 1. The molecule has 2 saturated heterocycles. The number of carbonyl (C=O) groups excluding carboxylic acids is 1. The van der Waals surface area contributed by atoms with E-state index in [1.165, 1.54) is 25.8 Å². The minimum absolute atomic E-state index is 0.242. The second kappa shape index (κ2) is 7.85. The van der Waals surface area contributed by atoms with E-state index in [2.05, 4.69) is 22.5 Å². The minimum Gasteiger partial charge on any atom is -0.353 e. The fourth-order valence-electron chi connectivity index (χ4n) is 3.12. The van der Waals surface area contributed by atoms with Crippen LogP contribution in [0.5, 0.6) is 0 Å². The van der Waals surface area contributed by atoms with E-state index in [9.17, 15) is 4.79 Å². The van der Waals surface area contributed by atoms with Gasteiger partial charge in [0.1, 0.15) is 0 Å². The van der Waals surface area contributed by atoms with Gasteiger partial charge in [-0.25, -0.2) is 0 Å². The molecule has 110 valence electrons. The van der Waals surface area contributed by atoms with Crippen molar-refractivity contribution in [3.63, 3.8) is 0 Å². The van der Waals surface area contributed by atoms with Crippen LogP contribution in [0.25, 0.3) is 0 Å². The van der Waals surface area contributed by atoms with E-state index < -0.39 is 0 Å². The fraction of sp³-hybridized carbons (Fsp3) is 0.933. The van der Waals surface area contributed by atoms with Crippen LogP contribution in [0.2, 0.25) is 0 Å². The quantitative estimate of drug-likeness (QED) is 0.767. The Labute approximate surface area is 117 Å². The van der Waals surface area contributed by atoms with Gasteiger partial charge in [-0.2, -0.15) is 0 Å². The van der Waals surface area contributed by atoms with Gasteiger partial charge >= 0.3 is 0 Å². The van der Waals surface area contributed by atoms with Crippen LogP contribution < -0.4 is 10.6 Å². The molecule has 2 N–H and O–H groups in total. The molecule has 0 bridgehead atoms. The molecule has 0 aliphatic carbocycles. The van der Waals surface area contributed by atoms with Gasteiger partial charge in [-0.05, 0) is 45.2 Å².